The average Bonchev–Trinajstić information content (AvgIpc) is 3.43. The Hall–Kier alpha value is -3.75. The van der Waals surface area contributed by atoms with Gasteiger partial charge in [-0.3, -0.25) is 4.79 Å². The van der Waals surface area contributed by atoms with Crippen molar-refractivity contribution in [1.82, 2.24) is 15.2 Å². The zero-order valence-electron chi connectivity index (χ0n) is 17.7. The molecular formula is C23H24N6O3. The summed E-state index contributed by atoms with van der Waals surface area (Å²) in [7, 11) is 0. The van der Waals surface area contributed by atoms with Gasteiger partial charge in [0.2, 0.25) is 5.91 Å². The fourth-order valence-electron chi connectivity index (χ4n) is 4.81. The standard InChI is InChI=1S/C23H24N6O3/c1-11-6-14(7-16-20(11)32-23(25)28-16)22-26-8-15-17(27-18(21(24)30)12-2-3-12)10-31-9-13-4-5-29(22)19(13)15/h6-8,10,12,18,27H,2-5,9H2,1H3,(H2,24,30)(H2,25,28). The number of carbonyl (C=O) groups is 1. The van der Waals surface area contributed by atoms with Crippen LogP contribution in [0.3, 0.4) is 0 Å². The molecule has 6 rings (SSSR count). The van der Waals surface area contributed by atoms with Gasteiger partial charge in [-0.2, -0.15) is 4.98 Å². The highest BCUT2D eigenvalue weighted by Gasteiger charge is 2.39. The maximum atomic E-state index is 12.0. The van der Waals surface area contributed by atoms with Crippen molar-refractivity contribution in [1.29, 1.82) is 0 Å². The number of nitrogens with zero attached hydrogens (tertiary/aromatic N) is 3. The van der Waals surface area contributed by atoms with E-state index in [1.54, 1.807) is 6.26 Å². The number of nitrogen functional groups attached to an aromatic ring is 1. The van der Waals surface area contributed by atoms with Gasteiger partial charge in [0.15, 0.2) is 5.58 Å². The number of rotatable bonds is 5. The summed E-state index contributed by atoms with van der Waals surface area (Å²) < 4.78 is 11.4. The van der Waals surface area contributed by atoms with Crippen LogP contribution in [-0.2, 0) is 9.53 Å². The second-order valence-corrected chi connectivity index (χ2v) is 8.75. The molecule has 1 saturated carbocycles. The van der Waals surface area contributed by atoms with Crippen LogP contribution in [0.25, 0.3) is 11.1 Å². The van der Waals surface area contributed by atoms with Gasteiger partial charge in [-0.15, -0.1) is 0 Å². The zero-order chi connectivity index (χ0) is 22.0. The second-order valence-electron chi connectivity index (χ2n) is 8.75. The number of aliphatic imine (C=N–C) groups is 1. The lowest BCUT2D eigenvalue weighted by atomic mass is 10.0. The highest BCUT2D eigenvalue weighted by Crippen LogP contribution is 2.40. The monoisotopic (exact) mass is 432 g/mol. The van der Waals surface area contributed by atoms with E-state index in [0.29, 0.717) is 17.7 Å². The first-order chi connectivity index (χ1) is 15.5. The van der Waals surface area contributed by atoms with Gasteiger partial charge >= 0.3 is 0 Å². The van der Waals surface area contributed by atoms with Crippen molar-refractivity contribution in [3.05, 3.63) is 58.3 Å². The van der Waals surface area contributed by atoms with Gasteiger partial charge in [0.05, 0.1) is 11.4 Å². The van der Waals surface area contributed by atoms with E-state index in [1.165, 1.54) is 5.57 Å². The summed E-state index contributed by atoms with van der Waals surface area (Å²) in [5.74, 6) is 0.782. The highest BCUT2D eigenvalue weighted by molar-refractivity contribution is 6.04. The van der Waals surface area contributed by atoms with Crippen molar-refractivity contribution in [2.45, 2.75) is 32.2 Å². The number of aryl methyl sites for hydroxylation is 1. The first-order valence-corrected chi connectivity index (χ1v) is 10.8. The third-order valence-corrected chi connectivity index (χ3v) is 6.48. The zero-order valence-corrected chi connectivity index (χ0v) is 17.7. The molecule has 2 aromatic rings. The molecule has 1 unspecified atom stereocenters. The second kappa shape index (κ2) is 6.88. The molecule has 4 aliphatic rings. The quantitative estimate of drug-likeness (QED) is 0.659. The number of hydrogen-bond donors (Lipinski definition) is 3. The van der Waals surface area contributed by atoms with Crippen LogP contribution < -0.4 is 16.8 Å². The van der Waals surface area contributed by atoms with Crippen LogP contribution in [-0.4, -0.2) is 40.8 Å². The van der Waals surface area contributed by atoms with E-state index in [4.69, 9.17) is 25.6 Å². The fourth-order valence-corrected chi connectivity index (χ4v) is 4.81. The molecule has 0 bridgehead atoms. The minimum Gasteiger partial charge on any atom is -0.495 e. The minimum atomic E-state index is -0.407. The summed E-state index contributed by atoms with van der Waals surface area (Å²) in [6.45, 7) is 3.28. The van der Waals surface area contributed by atoms with Crippen molar-refractivity contribution in [3.8, 4) is 0 Å². The highest BCUT2D eigenvalue weighted by atomic mass is 16.5. The topological polar surface area (TPSA) is 132 Å². The Morgan fingerprint density at radius 3 is 2.97 bits per heavy atom. The Bertz CT molecular complexity index is 1280. The van der Waals surface area contributed by atoms with E-state index in [9.17, 15) is 4.79 Å². The summed E-state index contributed by atoms with van der Waals surface area (Å²) >= 11 is 0. The number of amides is 1. The van der Waals surface area contributed by atoms with Gasteiger partial charge in [-0.1, -0.05) is 0 Å². The van der Waals surface area contributed by atoms with Crippen molar-refractivity contribution in [3.63, 3.8) is 0 Å². The molecule has 9 heteroatoms. The maximum absolute atomic E-state index is 12.0. The lowest BCUT2D eigenvalue weighted by Gasteiger charge is -2.30. The first kappa shape index (κ1) is 19.0. The number of nitrogens with one attached hydrogen (secondary N) is 1. The van der Waals surface area contributed by atoms with Gasteiger partial charge < -0.3 is 30.8 Å². The molecule has 32 heavy (non-hydrogen) atoms. The van der Waals surface area contributed by atoms with Crippen molar-refractivity contribution >= 4 is 28.9 Å². The van der Waals surface area contributed by atoms with Gasteiger partial charge in [0.1, 0.15) is 30.3 Å². The Morgan fingerprint density at radius 2 is 2.19 bits per heavy atom. The van der Waals surface area contributed by atoms with Crippen LogP contribution in [0.5, 0.6) is 0 Å². The molecule has 0 spiro atoms. The van der Waals surface area contributed by atoms with Crippen LogP contribution in [0.15, 0.2) is 56.5 Å². The number of ether oxygens (including phenoxy) is 1. The van der Waals surface area contributed by atoms with Gasteiger partial charge in [0.25, 0.3) is 6.01 Å². The SMILES string of the molecule is Cc1cc(C2=NC=C3C(NC(C(N)=O)C4CC4)=COCC4=C3N2CC4)cc2nc(N)oc12. The van der Waals surface area contributed by atoms with Crippen molar-refractivity contribution in [2.75, 3.05) is 18.9 Å². The van der Waals surface area contributed by atoms with Crippen LogP contribution in [0.4, 0.5) is 6.01 Å². The molecule has 164 valence electrons. The molecule has 1 aromatic heterocycles. The molecule has 3 aliphatic heterocycles. The van der Waals surface area contributed by atoms with Gasteiger partial charge in [-0.25, -0.2) is 4.99 Å². The van der Waals surface area contributed by atoms with E-state index in [1.807, 2.05) is 25.3 Å². The molecule has 1 fully saturated rings. The number of oxazole rings is 1. The van der Waals surface area contributed by atoms with E-state index in [0.717, 1.165) is 59.7 Å². The molecule has 5 N–H and O–H groups in total. The number of benzene rings is 1. The summed E-state index contributed by atoms with van der Waals surface area (Å²) in [6.07, 6.45) is 6.43. The summed E-state index contributed by atoms with van der Waals surface area (Å²) in [5.41, 5.74) is 18.7. The number of primary amides is 1. The first-order valence-electron chi connectivity index (χ1n) is 10.8. The number of anilines is 1. The summed E-state index contributed by atoms with van der Waals surface area (Å²) in [4.78, 5) is 23.4. The van der Waals surface area contributed by atoms with E-state index in [-0.39, 0.29) is 17.8 Å². The molecule has 0 saturated heterocycles. The van der Waals surface area contributed by atoms with E-state index in [2.05, 4.69) is 15.2 Å². The van der Waals surface area contributed by atoms with Crippen LogP contribution in [0, 0.1) is 12.8 Å². The fraction of sp³-hybridized carbons (Fsp3) is 0.348. The van der Waals surface area contributed by atoms with Crippen molar-refractivity contribution in [2.24, 2.45) is 16.6 Å². The molecule has 9 nitrogen and oxygen atoms in total. The van der Waals surface area contributed by atoms with Crippen LogP contribution >= 0.6 is 0 Å². The number of nitrogens with two attached hydrogens (primary N) is 2. The third kappa shape index (κ3) is 2.96. The molecule has 1 aromatic carbocycles. The molecule has 1 aliphatic carbocycles. The predicted octanol–water partition coefficient (Wildman–Crippen LogP) is 2.05. The Kier molecular flexibility index (Phi) is 4.08. The number of hydrogen-bond acceptors (Lipinski definition) is 8. The molecule has 1 amide bonds. The molecular weight excluding hydrogens is 408 g/mol. The Labute approximate surface area is 184 Å². The largest absolute Gasteiger partial charge is 0.495 e. The van der Waals surface area contributed by atoms with Gasteiger partial charge in [-0.05, 0) is 55.4 Å². The van der Waals surface area contributed by atoms with Crippen LogP contribution in [0.2, 0.25) is 0 Å². The molecule has 1 atom stereocenters. The number of amidine groups is 1. The van der Waals surface area contributed by atoms with E-state index < -0.39 is 6.04 Å². The predicted molar refractivity (Wildman–Crippen MR) is 119 cm³/mol. The lowest BCUT2D eigenvalue weighted by molar-refractivity contribution is -0.120. The normalized spacial score (nSPS) is 20.8. The molecule has 0 radical (unpaired) electrons. The lowest BCUT2D eigenvalue weighted by Crippen LogP contribution is -2.43. The smallest absolute Gasteiger partial charge is 0.292 e. The minimum absolute atomic E-state index is 0.153. The number of carbonyl (C=O) groups excluding carboxylic acids is 1. The Balaban J connectivity index is 1.42. The maximum Gasteiger partial charge on any atom is 0.292 e. The molecule has 4 heterocycles. The van der Waals surface area contributed by atoms with Crippen molar-refractivity contribution < 1.29 is 13.9 Å². The number of fused-ring (bicyclic) bond motifs is 1. The van der Waals surface area contributed by atoms with Gasteiger partial charge in [0, 0.05) is 23.9 Å². The third-order valence-electron chi connectivity index (χ3n) is 6.48. The number of aromatic nitrogens is 1. The Morgan fingerprint density at radius 1 is 1.34 bits per heavy atom. The average molecular weight is 432 g/mol. The summed E-state index contributed by atoms with van der Waals surface area (Å²) in [5, 5.41) is 3.34. The van der Waals surface area contributed by atoms with E-state index >= 15 is 0 Å². The van der Waals surface area contributed by atoms with Crippen LogP contribution in [0.1, 0.15) is 30.4 Å². The summed E-state index contributed by atoms with van der Waals surface area (Å²) in [6, 6.07) is 3.75.